The number of nitrogens with zero attached hydrogens (tertiary/aromatic N) is 3. The Labute approximate surface area is 279 Å². The molecule has 0 spiro atoms. The van der Waals surface area contributed by atoms with Gasteiger partial charge in [-0.1, -0.05) is 12.1 Å². The van der Waals surface area contributed by atoms with Crippen molar-refractivity contribution in [1.29, 1.82) is 5.26 Å². The molecule has 0 aromatic heterocycles. The summed E-state index contributed by atoms with van der Waals surface area (Å²) in [5.74, 6) is -0.267. The number of nitrogens with two attached hydrogens (primary N) is 1. The van der Waals surface area contributed by atoms with Crippen LogP contribution in [-0.4, -0.2) is 67.2 Å². The van der Waals surface area contributed by atoms with Crippen LogP contribution in [0.1, 0.15) is 69.2 Å². The molecule has 1 saturated heterocycles. The van der Waals surface area contributed by atoms with E-state index in [9.17, 15) is 24.0 Å². The molecule has 1 saturated carbocycles. The van der Waals surface area contributed by atoms with E-state index in [1.807, 2.05) is 31.2 Å². The van der Waals surface area contributed by atoms with Crippen molar-refractivity contribution in [1.82, 2.24) is 20.9 Å². The minimum Gasteiger partial charge on any atom is -0.386 e. The van der Waals surface area contributed by atoms with Crippen molar-refractivity contribution >= 4 is 29.2 Å². The van der Waals surface area contributed by atoms with Crippen molar-refractivity contribution in [2.24, 2.45) is 16.6 Å². The highest BCUT2D eigenvalue weighted by Gasteiger charge is 2.54. The Balaban J connectivity index is 1.46. The molecular formula is C37H40FN7O3. The van der Waals surface area contributed by atoms with Gasteiger partial charge in [-0.05, 0) is 116 Å². The van der Waals surface area contributed by atoms with Gasteiger partial charge in [0.2, 0.25) is 5.91 Å². The van der Waals surface area contributed by atoms with Crippen molar-refractivity contribution in [2.45, 2.75) is 62.6 Å². The third-order valence-corrected chi connectivity index (χ3v) is 10.0. The normalized spacial score (nSPS) is 21.1. The number of rotatable bonds is 9. The molecule has 1 unspecified atom stereocenters. The van der Waals surface area contributed by atoms with Gasteiger partial charge >= 0.3 is 0 Å². The van der Waals surface area contributed by atoms with Gasteiger partial charge in [0.1, 0.15) is 17.7 Å². The van der Waals surface area contributed by atoms with Crippen LogP contribution >= 0.6 is 0 Å². The third kappa shape index (κ3) is 6.04. The molecule has 3 aromatic rings. The Morgan fingerprint density at radius 3 is 2.10 bits per heavy atom. The minimum atomic E-state index is -1.07. The largest absolute Gasteiger partial charge is 0.386 e. The highest BCUT2D eigenvalue weighted by Crippen LogP contribution is 2.48. The zero-order chi connectivity index (χ0) is 34.2. The average Bonchev–Trinajstić information content (AvgIpc) is 3.79. The fourth-order valence-corrected chi connectivity index (χ4v) is 7.58. The third-order valence-electron chi connectivity index (χ3n) is 10.0. The zero-order valence-electron chi connectivity index (χ0n) is 27.3. The van der Waals surface area contributed by atoms with Crippen LogP contribution in [0.15, 0.2) is 65.7 Å². The Morgan fingerprint density at radius 2 is 1.56 bits per heavy atom. The number of carbonyl (C=O) groups is 3. The molecule has 248 valence electrons. The first-order valence-corrected chi connectivity index (χ1v) is 16.3. The van der Waals surface area contributed by atoms with E-state index < -0.39 is 17.3 Å². The number of benzene rings is 3. The average molecular weight is 650 g/mol. The smallest absolute Gasteiger partial charge is 0.251 e. The second-order valence-corrected chi connectivity index (χ2v) is 13.0. The fourth-order valence-electron chi connectivity index (χ4n) is 7.58. The van der Waals surface area contributed by atoms with Crippen LogP contribution in [0.2, 0.25) is 0 Å². The van der Waals surface area contributed by atoms with Crippen LogP contribution in [0, 0.1) is 23.1 Å². The van der Waals surface area contributed by atoms with Crippen molar-refractivity contribution in [3.05, 3.63) is 99.9 Å². The maximum absolute atomic E-state index is 13.9. The van der Waals surface area contributed by atoms with Gasteiger partial charge in [-0.25, -0.2) is 9.38 Å². The topological polar surface area (TPSA) is 153 Å². The molecule has 2 fully saturated rings. The Kier molecular flexibility index (Phi) is 9.03. The molecule has 3 amide bonds. The lowest BCUT2D eigenvalue weighted by Gasteiger charge is -2.38. The SMILES string of the molecule is CNC(=O)c1ccc2c(c1)CCc1cc(C(=O)NC)ccc1C2(C[C@H](C)NCC(=O)N1C(C#N)C[C@@H]2C[C@@H]21)C(N)=Nc1ccc(F)cc1. The first-order chi connectivity index (χ1) is 23.1. The van der Waals surface area contributed by atoms with Gasteiger partial charge in [-0.15, -0.1) is 0 Å². The van der Waals surface area contributed by atoms with Crippen LogP contribution in [0.25, 0.3) is 0 Å². The van der Waals surface area contributed by atoms with Crippen molar-refractivity contribution in [3.8, 4) is 6.07 Å². The van der Waals surface area contributed by atoms with E-state index in [0.29, 0.717) is 42.0 Å². The zero-order valence-corrected chi connectivity index (χ0v) is 27.3. The molecule has 48 heavy (non-hydrogen) atoms. The molecule has 0 radical (unpaired) electrons. The molecule has 1 aliphatic heterocycles. The number of amides is 3. The monoisotopic (exact) mass is 649 g/mol. The van der Waals surface area contributed by atoms with E-state index >= 15 is 0 Å². The van der Waals surface area contributed by atoms with E-state index in [1.54, 1.807) is 43.3 Å². The van der Waals surface area contributed by atoms with Crippen LogP contribution in [0.4, 0.5) is 10.1 Å². The first-order valence-electron chi connectivity index (χ1n) is 16.3. The summed E-state index contributed by atoms with van der Waals surface area (Å²) in [6.07, 6.45) is 3.18. The molecular weight excluding hydrogens is 609 g/mol. The number of nitriles is 1. The molecule has 5 N–H and O–H groups in total. The van der Waals surface area contributed by atoms with E-state index in [1.165, 1.54) is 12.1 Å². The number of halogens is 1. The highest BCUT2D eigenvalue weighted by atomic mass is 19.1. The molecule has 3 aromatic carbocycles. The Morgan fingerprint density at radius 1 is 0.979 bits per heavy atom. The number of nitrogens with one attached hydrogen (secondary N) is 3. The lowest BCUT2D eigenvalue weighted by Crippen LogP contribution is -2.49. The maximum atomic E-state index is 13.9. The van der Waals surface area contributed by atoms with Gasteiger partial charge in [0.25, 0.3) is 11.8 Å². The van der Waals surface area contributed by atoms with E-state index in [0.717, 1.165) is 35.1 Å². The number of fused-ring (bicyclic) bond motifs is 3. The predicted molar refractivity (Wildman–Crippen MR) is 180 cm³/mol. The molecule has 11 heteroatoms. The second kappa shape index (κ2) is 13.2. The van der Waals surface area contributed by atoms with E-state index in [-0.39, 0.29) is 42.2 Å². The van der Waals surface area contributed by atoms with E-state index in [4.69, 9.17) is 10.7 Å². The summed E-state index contributed by atoms with van der Waals surface area (Å²) in [6, 6.07) is 18.6. The number of aliphatic imine (C=N–C) groups is 1. The molecule has 1 heterocycles. The van der Waals surface area contributed by atoms with Crippen molar-refractivity contribution < 1.29 is 18.8 Å². The molecule has 0 bridgehead atoms. The Hall–Kier alpha value is -5.08. The van der Waals surface area contributed by atoms with Gasteiger partial charge in [0, 0.05) is 37.3 Å². The Bertz CT molecular complexity index is 1770. The predicted octanol–water partition coefficient (Wildman–Crippen LogP) is 3.50. The van der Waals surface area contributed by atoms with Gasteiger partial charge in [-0.3, -0.25) is 14.4 Å². The summed E-state index contributed by atoms with van der Waals surface area (Å²) < 4.78 is 13.9. The molecule has 3 aliphatic rings. The number of amidine groups is 1. The quantitative estimate of drug-likeness (QED) is 0.206. The number of carbonyl (C=O) groups excluding carboxylic acids is 3. The summed E-state index contributed by atoms with van der Waals surface area (Å²) in [7, 11) is 3.17. The summed E-state index contributed by atoms with van der Waals surface area (Å²) in [5.41, 5.74) is 11.1. The van der Waals surface area contributed by atoms with Crippen molar-refractivity contribution in [3.63, 3.8) is 0 Å². The first kappa shape index (κ1) is 32.8. The van der Waals surface area contributed by atoms with Crippen LogP contribution in [0.3, 0.4) is 0 Å². The number of piperidine rings is 1. The minimum absolute atomic E-state index is 0.0542. The van der Waals surface area contributed by atoms with E-state index in [2.05, 4.69) is 22.0 Å². The van der Waals surface area contributed by atoms with Crippen molar-refractivity contribution in [2.75, 3.05) is 20.6 Å². The fraction of sp³-hybridized carbons (Fsp3) is 0.378. The summed E-state index contributed by atoms with van der Waals surface area (Å²) in [5, 5.41) is 18.4. The van der Waals surface area contributed by atoms with Gasteiger partial charge in [0.05, 0.1) is 23.7 Å². The standard InChI is InChI=1S/C37H40FN7O3/c1-21(43-20-33(46)45-29(19-39)16-26-17-32(26)45)18-37(36(40)44-28-10-8-27(38)9-11-28)30-12-6-24(34(47)41-2)14-22(30)4-5-23-15-25(35(48)42-3)7-13-31(23)37/h6-15,21,26,29,32,43H,4-5,16-18,20H2,1-3H3,(H2,40,44)(H,41,47)(H,42,48)/t21-,26+,29?,32-/m0/s1. The number of aryl methyl sites for hydroxylation is 2. The van der Waals surface area contributed by atoms with Gasteiger partial charge in [0.15, 0.2) is 0 Å². The molecule has 4 atom stereocenters. The lowest BCUT2D eigenvalue weighted by atomic mass is 9.67. The van der Waals surface area contributed by atoms with Crippen LogP contribution in [-0.2, 0) is 23.1 Å². The molecule has 6 rings (SSSR count). The van der Waals surface area contributed by atoms with Gasteiger partial charge < -0.3 is 26.6 Å². The number of likely N-dealkylation sites (tertiary alicyclic amines) is 1. The van der Waals surface area contributed by atoms with Gasteiger partial charge in [-0.2, -0.15) is 5.26 Å². The summed E-state index contributed by atoms with van der Waals surface area (Å²) >= 11 is 0. The number of hydrogen-bond acceptors (Lipinski definition) is 6. The van der Waals surface area contributed by atoms with Crippen LogP contribution < -0.4 is 21.7 Å². The highest BCUT2D eigenvalue weighted by molar-refractivity contribution is 6.00. The lowest BCUT2D eigenvalue weighted by molar-refractivity contribution is -0.131. The maximum Gasteiger partial charge on any atom is 0.251 e. The molecule has 2 aliphatic carbocycles. The van der Waals surface area contributed by atoms with Crippen LogP contribution in [0.5, 0.6) is 0 Å². The number of hydrogen-bond donors (Lipinski definition) is 4. The summed E-state index contributed by atoms with van der Waals surface area (Å²) in [4.78, 5) is 45.5. The summed E-state index contributed by atoms with van der Waals surface area (Å²) in [6.45, 7) is 2.03. The second-order valence-electron chi connectivity index (χ2n) is 13.0. The molecule has 10 nitrogen and oxygen atoms in total.